The number of rotatable bonds is 3. The first-order chi connectivity index (χ1) is 9.63. The van der Waals surface area contributed by atoms with E-state index in [1.54, 1.807) is 0 Å². The zero-order valence-electron chi connectivity index (χ0n) is 11.7. The zero-order chi connectivity index (χ0) is 14.1. The highest BCUT2D eigenvalue weighted by Crippen LogP contribution is 2.24. The molecule has 0 atom stereocenters. The summed E-state index contributed by atoms with van der Waals surface area (Å²) in [4.78, 5) is 0. The van der Waals surface area contributed by atoms with E-state index in [0.717, 1.165) is 11.3 Å². The van der Waals surface area contributed by atoms with E-state index in [2.05, 4.69) is 34.2 Å². The van der Waals surface area contributed by atoms with Gasteiger partial charge in [0.2, 0.25) is 5.89 Å². The number of nitrogens with one attached hydrogen (secondary N) is 1. The van der Waals surface area contributed by atoms with E-state index in [4.69, 9.17) is 4.42 Å². The number of benzene rings is 1. The van der Waals surface area contributed by atoms with Crippen LogP contribution in [-0.2, 0) is 0 Å². The summed E-state index contributed by atoms with van der Waals surface area (Å²) in [6, 6.07) is 9.92. The molecule has 0 aliphatic rings. The van der Waals surface area contributed by atoms with Crippen LogP contribution < -0.4 is 0 Å². The van der Waals surface area contributed by atoms with Gasteiger partial charge in [0.15, 0.2) is 0 Å². The van der Waals surface area contributed by atoms with Gasteiger partial charge >= 0.3 is 0 Å². The first kappa shape index (κ1) is 12.6. The van der Waals surface area contributed by atoms with E-state index in [1.807, 2.05) is 37.3 Å². The molecule has 3 aromatic rings. The van der Waals surface area contributed by atoms with E-state index in [-0.39, 0.29) is 0 Å². The summed E-state index contributed by atoms with van der Waals surface area (Å²) >= 11 is 0. The first-order valence-corrected chi connectivity index (χ1v) is 6.59. The predicted molar refractivity (Wildman–Crippen MR) is 76.1 cm³/mol. The van der Waals surface area contributed by atoms with Gasteiger partial charge in [-0.15, -0.1) is 10.2 Å². The average molecular weight is 268 g/mol. The number of aryl methyl sites for hydroxylation is 1. The Morgan fingerprint density at radius 3 is 2.40 bits per heavy atom. The average Bonchev–Trinajstić information content (AvgIpc) is 3.08. The fourth-order valence-corrected chi connectivity index (χ4v) is 1.88. The zero-order valence-corrected chi connectivity index (χ0v) is 11.7. The van der Waals surface area contributed by atoms with Crippen molar-refractivity contribution < 1.29 is 4.42 Å². The van der Waals surface area contributed by atoms with Crippen LogP contribution in [-0.4, -0.2) is 20.4 Å². The van der Waals surface area contributed by atoms with Gasteiger partial charge in [-0.2, -0.15) is 5.10 Å². The van der Waals surface area contributed by atoms with E-state index in [9.17, 15) is 0 Å². The Labute approximate surface area is 117 Å². The molecule has 0 saturated heterocycles. The summed E-state index contributed by atoms with van der Waals surface area (Å²) in [6.07, 6.45) is 0. The van der Waals surface area contributed by atoms with Crippen molar-refractivity contribution >= 4 is 0 Å². The lowest BCUT2D eigenvalue weighted by atomic mass is 10.1. The highest BCUT2D eigenvalue weighted by atomic mass is 16.4. The van der Waals surface area contributed by atoms with Gasteiger partial charge < -0.3 is 4.42 Å². The van der Waals surface area contributed by atoms with Gasteiger partial charge in [-0.25, -0.2) is 0 Å². The van der Waals surface area contributed by atoms with Crippen molar-refractivity contribution in [3.63, 3.8) is 0 Å². The summed E-state index contributed by atoms with van der Waals surface area (Å²) in [5, 5.41) is 15.3. The molecular formula is C15H16N4O. The van der Waals surface area contributed by atoms with Crippen molar-refractivity contribution in [1.29, 1.82) is 0 Å². The molecule has 102 valence electrons. The smallest absolute Gasteiger partial charge is 0.268 e. The van der Waals surface area contributed by atoms with Gasteiger partial charge in [-0.05, 0) is 31.0 Å². The van der Waals surface area contributed by atoms with Crippen LogP contribution in [0.5, 0.6) is 0 Å². The Kier molecular flexibility index (Phi) is 3.10. The van der Waals surface area contributed by atoms with Crippen LogP contribution in [0.3, 0.4) is 0 Å². The predicted octanol–water partition coefficient (Wildman–Crippen LogP) is 3.56. The Balaban J connectivity index is 1.91. The molecule has 5 nitrogen and oxygen atoms in total. The summed E-state index contributed by atoms with van der Waals surface area (Å²) < 4.78 is 5.68. The molecule has 0 saturated carbocycles. The lowest BCUT2D eigenvalue weighted by Gasteiger charge is -1.96. The van der Waals surface area contributed by atoms with Crippen LogP contribution in [0.1, 0.15) is 31.0 Å². The molecular weight excluding hydrogens is 252 g/mol. The summed E-state index contributed by atoms with van der Waals surface area (Å²) in [5.74, 6) is 1.33. The number of hydrogen-bond acceptors (Lipinski definition) is 4. The van der Waals surface area contributed by atoms with Crippen LogP contribution in [0.25, 0.3) is 23.0 Å². The number of hydrogen-bond donors (Lipinski definition) is 1. The highest BCUT2D eigenvalue weighted by molar-refractivity contribution is 5.56. The maximum absolute atomic E-state index is 5.68. The molecule has 0 fully saturated rings. The first-order valence-electron chi connectivity index (χ1n) is 6.59. The lowest BCUT2D eigenvalue weighted by molar-refractivity contribution is 0.582. The quantitative estimate of drug-likeness (QED) is 0.788. The van der Waals surface area contributed by atoms with Gasteiger partial charge in [-0.1, -0.05) is 31.5 Å². The summed E-state index contributed by atoms with van der Waals surface area (Å²) in [5.41, 5.74) is 3.84. The minimum Gasteiger partial charge on any atom is -0.415 e. The Morgan fingerprint density at radius 1 is 1.05 bits per heavy atom. The van der Waals surface area contributed by atoms with Gasteiger partial charge in [0.05, 0.1) is 0 Å². The Bertz CT molecular complexity index is 710. The van der Waals surface area contributed by atoms with Crippen LogP contribution in [0.15, 0.2) is 34.7 Å². The Hall–Kier alpha value is -2.43. The topological polar surface area (TPSA) is 67.6 Å². The van der Waals surface area contributed by atoms with Crippen LogP contribution in [0.4, 0.5) is 0 Å². The minimum absolute atomic E-state index is 0.385. The molecule has 3 rings (SSSR count). The third-order valence-corrected chi connectivity index (χ3v) is 3.16. The second-order valence-electron chi connectivity index (χ2n) is 5.14. The van der Waals surface area contributed by atoms with Crippen LogP contribution in [0.2, 0.25) is 0 Å². The monoisotopic (exact) mass is 268 g/mol. The molecule has 20 heavy (non-hydrogen) atoms. The molecule has 0 spiro atoms. The molecule has 1 N–H and O–H groups in total. The summed E-state index contributed by atoms with van der Waals surface area (Å²) in [6.45, 7) is 6.24. The fraction of sp³-hybridized carbons (Fsp3) is 0.267. The van der Waals surface area contributed by atoms with E-state index >= 15 is 0 Å². The van der Waals surface area contributed by atoms with E-state index < -0.39 is 0 Å². The van der Waals surface area contributed by atoms with Gasteiger partial charge in [0.1, 0.15) is 5.69 Å². The minimum atomic E-state index is 0.385. The second kappa shape index (κ2) is 4.92. The normalized spacial score (nSPS) is 11.2. The molecule has 1 aromatic carbocycles. The fourth-order valence-electron chi connectivity index (χ4n) is 1.88. The van der Waals surface area contributed by atoms with Crippen LogP contribution >= 0.6 is 0 Å². The molecule has 0 aliphatic carbocycles. The van der Waals surface area contributed by atoms with E-state index in [1.165, 1.54) is 5.56 Å². The van der Waals surface area contributed by atoms with Crippen LogP contribution in [0, 0.1) is 6.92 Å². The third kappa shape index (κ3) is 2.34. The van der Waals surface area contributed by atoms with Crippen molar-refractivity contribution in [3.8, 4) is 23.0 Å². The molecule has 0 unspecified atom stereocenters. The molecule has 2 heterocycles. The largest absolute Gasteiger partial charge is 0.415 e. The second-order valence-corrected chi connectivity index (χ2v) is 5.14. The molecule has 2 aromatic heterocycles. The van der Waals surface area contributed by atoms with Gasteiger partial charge in [0.25, 0.3) is 5.89 Å². The number of nitrogens with zero attached hydrogens (tertiary/aromatic N) is 3. The lowest BCUT2D eigenvalue weighted by Crippen LogP contribution is -1.85. The van der Waals surface area contributed by atoms with Crippen molar-refractivity contribution in [3.05, 3.63) is 41.6 Å². The van der Waals surface area contributed by atoms with Crippen molar-refractivity contribution in [2.24, 2.45) is 0 Å². The number of aromatic amines is 1. The molecule has 0 aliphatic heterocycles. The third-order valence-electron chi connectivity index (χ3n) is 3.16. The van der Waals surface area contributed by atoms with Gasteiger partial charge in [-0.3, -0.25) is 5.10 Å². The number of H-pyrrole nitrogens is 1. The molecule has 5 heteroatoms. The van der Waals surface area contributed by atoms with Crippen molar-refractivity contribution in [2.45, 2.75) is 26.7 Å². The van der Waals surface area contributed by atoms with Crippen molar-refractivity contribution in [1.82, 2.24) is 20.4 Å². The standard InChI is InChI=1S/C15H16N4O/c1-9(2)12-8-13(17-16-12)15-19-18-14(20-15)11-6-4-10(3)5-7-11/h4-9H,1-3H3,(H,16,17). The SMILES string of the molecule is Cc1ccc(-c2nnc(-c3cc(C(C)C)[nH]n3)o2)cc1. The number of aromatic nitrogens is 4. The summed E-state index contributed by atoms with van der Waals surface area (Å²) in [7, 11) is 0. The molecule has 0 amide bonds. The van der Waals surface area contributed by atoms with E-state index in [0.29, 0.717) is 23.4 Å². The van der Waals surface area contributed by atoms with Gasteiger partial charge in [0, 0.05) is 11.3 Å². The van der Waals surface area contributed by atoms with Crippen molar-refractivity contribution in [2.75, 3.05) is 0 Å². The highest BCUT2D eigenvalue weighted by Gasteiger charge is 2.14. The maximum atomic E-state index is 5.68. The molecule has 0 radical (unpaired) electrons. The molecule has 0 bridgehead atoms. The maximum Gasteiger partial charge on any atom is 0.268 e. The Morgan fingerprint density at radius 2 is 1.75 bits per heavy atom.